The summed E-state index contributed by atoms with van der Waals surface area (Å²) >= 11 is 0. The maximum Gasteiger partial charge on any atom is 0.123 e. The molecule has 0 spiro atoms. The van der Waals surface area contributed by atoms with Gasteiger partial charge in [-0.3, -0.25) is 0 Å². The molecule has 16 heavy (non-hydrogen) atoms. The number of ether oxygens (including phenoxy) is 1. The molecule has 1 rings (SSSR count). The van der Waals surface area contributed by atoms with Crippen molar-refractivity contribution in [1.82, 2.24) is 0 Å². The van der Waals surface area contributed by atoms with Crippen molar-refractivity contribution in [3.63, 3.8) is 0 Å². The third-order valence-electron chi connectivity index (χ3n) is 2.44. The predicted molar refractivity (Wildman–Crippen MR) is 69.0 cm³/mol. The zero-order chi connectivity index (χ0) is 12.3. The topological polar surface area (TPSA) is 35.2 Å². The van der Waals surface area contributed by atoms with Crippen LogP contribution in [-0.4, -0.2) is 12.6 Å². The summed E-state index contributed by atoms with van der Waals surface area (Å²) in [6.07, 6.45) is 0. The number of hydrogen-bond donors (Lipinski definition) is 1. The summed E-state index contributed by atoms with van der Waals surface area (Å²) in [5.41, 5.74) is 8.31. The molecule has 0 radical (unpaired) electrons. The van der Waals surface area contributed by atoms with Crippen LogP contribution in [0.3, 0.4) is 0 Å². The zero-order valence-corrected chi connectivity index (χ0v) is 11.0. The number of rotatable bonds is 3. The van der Waals surface area contributed by atoms with Gasteiger partial charge >= 0.3 is 0 Å². The van der Waals surface area contributed by atoms with Gasteiger partial charge in [0.1, 0.15) is 12.4 Å². The minimum Gasteiger partial charge on any atom is -0.492 e. The average molecular weight is 221 g/mol. The van der Waals surface area contributed by atoms with Gasteiger partial charge in [-0.1, -0.05) is 38.5 Å². The lowest BCUT2D eigenvalue weighted by Gasteiger charge is -2.23. The van der Waals surface area contributed by atoms with E-state index in [-0.39, 0.29) is 11.5 Å². The molecule has 0 bridgehead atoms. The Bertz CT molecular complexity index is 350. The summed E-state index contributed by atoms with van der Waals surface area (Å²) in [4.78, 5) is 0. The number of aryl methyl sites for hydroxylation is 1. The van der Waals surface area contributed by atoms with Gasteiger partial charge in [-0.2, -0.15) is 0 Å². The lowest BCUT2D eigenvalue weighted by atomic mass is 9.85. The van der Waals surface area contributed by atoms with Crippen LogP contribution in [0.25, 0.3) is 0 Å². The quantitative estimate of drug-likeness (QED) is 0.851. The van der Waals surface area contributed by atoms with Crippen LogP contribution >= 0.6 is 0 Å². The van der Waals surface area contributed by atoms with Crippen molar-refractivity contribution in [3.05, 3.63) is 29.3 Å². The van der Waals surface area contributed by atoms with E-state index in [1.54, 1.807) is 0 Å². The largest absolute Gasteiger partial charge is 0.492 e. The first-order valence-corrected chi connectivity index (χ1v) is 5.80. The van der Waals surface area contributed by atoms with E-state index in [0.717, 1.165) is 5.75 Å². The van der Waals surface area contributed by atoms with Crippen molar-refractivity contribution in [2.24, 2.45) is 5.73 Å². The van der Waals surface area contributed by atoms with Crippen LogP contribution in [0.5, 0.6) is 5.75 Å². The Hall–Kier alpha value is -1.02. The maximum atomic E-state index is 5.76. The van der Waals surface area contributed by atoms with Crippen molar-refractivity contribution >= 4 is 0 Å². The fourth-order valence-corrected chi connectivity index (χ4v) is 1.58. The molecule has 0 aliphatic heterocycles. The monoisotopic (exact) mass is 221 g/mol. The highest BCUT2D eigenvalue weighted by atomic mass is 16.5. The molecular weight excluding hydrogens is 198 g/mol. The normalized spacial score (nSPS) is 13.6. The Labute approximate surface area is 98.8 Å². The van der Waals surface area contributed by atoms with Crippen molar-refractivity contribution in [1.29, 1.82) is 0 Å². The number of hydrogen-bond acceptors (Lipinski definition) is 2. The van der Waals surface area contributed by atoms with Gasteiger partial charge in [0.15, 0.2) is 0 Å². The SMILES string of the molecule is Cc1ccc(OC[C@@H](C)N)c(C(C)(C)C)c1. The summed E-state index contributed by atoms with van der Waals surface area (Å²) in [7, 11) is 0. The lowest BCUT2D eigenvalue weighted by Crippen LogP contribution is -2.25. The smallest absolute Gasteiger partial charge is 0.123 e. The predicted octanol–water partition coefficient (Wildman–Crippen LogP) is 3.02. The first-order valence-electron chi connectivity index (χ1n) is 5.80. The van der Waals surface area contributed by atoms with Gasteiger partial charge < -0.3 is 10.5 Å². The van der Waals surface area contributed by atoms with E-state index in [9.17, 15) is 0 Å². The first kappa shape index (κ1) is 13.0. The minimum atomic E-state index is 0.0640. The summed E-state index contributed by atoms with van der Waals surface area (Å²) in [6, 6.07) is 6.37. The second-order valence-electron chi connectivity index (χ2n) is 5.54. The third-order valence-corrected chi connectivity index (χ3v) is 2.44. The maximum absolute atomic E-state index is 5.76. The zero-order valence-electron chi connectivity index (χ0n) is 11.0. The Morgan fingerprint density at radius 2 is 1.94 bits per heavy atom. The molecule has 0 amide bonds. The van der Waals surface area contributed by atoms with E-state index in [0.29, 0.717) is 6.61 Å². The molecule has 1 aromatic rings. The number of nitrogens with two attached hydrogens (primary N) is 1. The minimum absolute atomic E-state index is 0.0640. The molecule has 0 fully saturated rings. The first-order chi connectivity index (χ1) is 7.30. The molecular formula is C14H23NO. The molecule has 2 heteroatoms. The third kappa shape index (κ3) is 3.53. The summed E-state index contributed by atoms with van der Waals surface area (Å²) in [5, 5.41) is 0. The molecule has 2 N–H and O–H groups in total. The highest BCUT2D eigenvalue weighted by Gasteiger charge is 2.19. The van der Waals surface area contributed by atoms with Gasteiger partial charge in [0.05, 0.1) is 0 Å². The highest BCUT2D eigenvalue weighted by molar-refractivity contribution is 5.41. The molecule has 2 nitrogen and oxygen atoms in total. The fraction of sp³-hybridized carbons (Fsp3) is 0.571. The van der Waals surface area contributed by atoms with E-state index in [4.69, 9.17) is 10.5 Å². The molecule has 0 heterocycles. The Morgan fingerprint density at radius 1 is 1.31 bits per heavy atom. The van der Waals surface area contributed by atoms with Crippen LogP contribution in [0.4, 0.5) is 0 Å². The second-order valence-corrected chi connectivity index (χ2v) is 5.54. The fourth-order valence-electron chi connectivity index (χ4n) is 1.58. The van der Waals surface area contributed by atoms with Crippen LogP contribution in [0.15, 0.2) is 18.2 Å². The van der Waals surface area contributed by atoms with Gasteiger partial charge in [0.2, 0.25) is 0 Å². The van der Waals surface area contributed by atoms with Crippen LogP contribution in [0, 0.1) is 6.92 Å². The van der Waals surface area contributed by atoms with Crippen LogP contribution < -0.4 is 10.5 Å². The van der Waals surface area contributed by atoms with Crippen molar-refractivity contribution in [3.8, 4) is 5.75 Å². The molecule has 0 saturated heterocycles. The summed E-state index contributed by atoms with van der Waals surface area (Å²) < 4.78 is 5.76. The molecule has 0 aliphatic rings. The van der Waals surface area contributed by atoms with Crippen LogP contribution in [0.2, 0.25) is 0 Å². The van der Waals surface area contributed by atoms with Gasteiger partial charge in [-0.25, -0.2) is 0 Å². The lowest BCUT2D eigenvalue weighted by molar-refractivity contribution is 0.289. The Balaban J connectivity index is 2.99. The van der Waals surface area contributed by atoms with Crippen molar-refractivity contribution in [2.75, 3.05) is 6.61 Å². The Kier molecular flexibility index (Phi) is 3.98. The van der Waals surface area contributed by atoms with Crippen LogP contribution in [0.1, 0.15) is 38.8 Å². The molecule has 1 atom stereocenters. The Morgan fingerprint density at radius 3 is 2.44 bits per heavy atom. The standard InChI is InChI=1S/C14H23NO/c1-10-6-7-13(16-9-11(2)15)12(8-10)14(3,4)5/h6-8,11H,9,15H2,1-5H3/t11-/m1/s1. The molecule has 0 aliphatic carbocycles. The number of benzene rings is 1. The van der Waals surface area contributed by atoms with Gasteiger partial charge in [-0.05, 0) is 30.9 Å². The second kappa shape index (κ2) is 4.88. The molecule has 0 aromatic heterocycles. The highest BCUT2D eigenvalue weighted by Crippen LogP contribution is 2.32. The van der Waals surface area contributed by atoms with Gasteiger partial charge in [0, 0.05) is 6.04 Å². The average Bonchev–Trinajstić information content (AvgIpc) is 2.14. The van der Waals surface area contributed by atoms with Gasteiger partial charge in [-0.15, -0.1) is 0 Å². The van der Waals surface area contributed by atoms with E-state index in [2.05, 4.69) is 39.8 Å². The molecule has 0 saturated carbocycles. The molecule has 0 unspecified atom stereocenters. The van der Waals surface area contributed by atoms with Crippen LogP contribution in [-0.2, 0) is 5.41 Å². The van der Waals surface area contributed by atoms with E-state index < -0.39 is 0 Å². The summed E-state index contributed by atoms with van der Waals surface area (Å²) in [5.74, 6) is 0.954. The van der Waals surface area contributed by atoms with E-state index in [1.165, 1.54) is 11.1 Å². The van der Waals surface area contributed by atoms with Gasteiger partial charge in [0.25, 0.3) is 0 Å². The van der Waals surface area contributed by atoms with Crippen molar-refractivity contribution < 1.29 is 4.74 Å². The molecule has 1 aromatic carbocycles. The van der Waals surface area contributed by atoms with E-state index in [1.807, 2.05) is 13.0 Å². The van der Waals surface area contributed by atoms with Crippen molar-refractivity contribution in [2.45, 2.75) is 46.1 Å². The van der Waals surface area contributed by atoms with E-state index >= 15 is 0 Å². The molecule has 90 valence electrons. The summed E-state index contributed by atoms with van der Waals surface area (Å²) in [6.45, 7) is 11.2.